The second-order valence-electron chi connectivity index (χ2n) is 3.98. The Morgan fingerprint density at radius 2 is 1.89 bits per heavy atom. The lowest BCUT2D eigenvalue weighted by atomic mass is 10.1. The minimum Gasteiger partial charge on any atom is -0.456 e. The molecule has 0 spiro atoms. The Morgan fingerprint density at radius 3 is 2.47 bits per heavy atom. The van der Waals surface area contributed by atoms with Crippen LogP contribution < -0.4 is 4.74 Å². The first-order chi connectivity index (χ1) is 9.10. The number of ketones is 1. The summed E-state index contributed by atoms with van der Waals surface area (Å²) in [6.07, 6.45) is 0.462. The molecule has 0 amide bonds. The van der Waals surface area contributed by atoms with Crippen molar-refractivity contribution in [3.63, 3.8) is 0 Å². The lowest BCUT2D eigenvalue weighted by molar-refractivity contribution is 0.0988. The molecule has 2 nitrogen and oxygen atoms in total. The Hall–Kier alpha value is -1.87. The van der Waals surface area contributed by atoms with Gasteiger partial charge in [0.2, 0.25) is 0 Å². The average molecular weight is 279 g/mol. The molecule has 0 unspecified atom stereocenters. The van der Waals surface area contributed by atoms with Crippen LogP contribution in [0.3, 0.4) is 0 Å². The minimum atomic E-state index is -0.416. The van der Waals surface area contributed by atoms with Crippen molar-refractivity contribution in [2.75, 3.05) is 0 Å². The second-order valence-corrected chi connectivity index (χ2v) is 4.39. The van der Waals surface area contributed by atoms with Crippen LogP contribution >= 0.6 is 11.6 Å². The van der Waals surface area contributed by atoms with Gasteiger partial charge in [-0.15, -0.1) is 0 Å². The maximum atomic E-state index is 12.9. The highest BCUT2D eigenvalue weighted by Gasteiger charge is 2.06. The van der Waals surface area contributed by atoms with E-state index in [4.69, 9.17) is 16.3 Å². The maximum Gasteiger partial charge on any atom is 0.162 e. The van der Waals surface area contributed by atoms with Gasteiger partial charge in [0.1, 0.15) is 17.3 Å². The fraction of sp³-hybridized carbons (Fsp3) is 0.133. The molecule has 2 aromatic rings. The summed E-state index contributed by atoms with van der Waals surface area (Å²) < 4.78 is 18.4. The van der Waals surface area contributed by atoms with Gasteiger partial charge >= 0.3 is 0 Å². The lowest BCUT2D eigenvalue weighted by Crippen LogP contribution is -1.95. The van der Waals surface area contributed by atoms with Crippen LogP contribution in [0.25, 0.3) is 0 Å². The number of halogens is 2. The van der Waals surface area contributed by atoms with E-state index in [-0.39, 0.29) is 10.8 Å². The molecule has 98 valence electrons. The van der Waals surface area contributed by atoms with E-state index in [0.717, 1.165) is 0 Å². The second kappa shape index (κ2) is 5.85. The van der Waals surface area contributed by atoms with Crippen molar-refractivity contribution in [1.29, 1.82) is 0 Å². The quantitative estimate of drug-likeness (QED) is 0.746. The molecule has 19 heavy (non-hydrogen) atoms. The topological polar surface area (TPSA) is 26.3 Å². The third-order valence-corrected chi connectivity index (χ3v) is 2.91. The third-order valence-electron chi connectivity index (χ3n) is 2.62. The van der Waals surface area contributed by atoms with Crippen LogP contribution in [0.5, 0.6) is 11.5 Å². The van der Waals surface area contributed by atoms with Gasteiger partial charge in [0.05, 0.1) is 5.02 Å². The fourth-order valence-electron chi connectivity index (χ4n) is 1.60. The monoisotopic (exact) mass is 278 g/mol. The summed E-state index contributed by atoms with van der Waals surface area (Å²) in [5, 5.41) is 0.203. The largest absolute Gasteiger partial charge is 0.456 e. The molecule has 0 radical (unpaired) electrons. The smallest absolute Gasteiger partial charge is 0.162 e. The summed E-state index contributed by atoms with van der Waals surface area (Å²) in [4.78, 5) is 11.5. The molecule has 0 saturated heterocycles. The van der Waals surface area contributed by atoms with Gasteiger partial charge in [-0.2, -0.15) is 0 Å². The van der Waals surface area contributed by atoms with Crippen LogP contribution in [0.1, 0.15) is 23.7 Å². The van der Waals surface area contributed by atoms with Gasteiger partial charge in [0.15, 0.2) is 5.78 Å². The number of hydrogen-bond acceptors (Lipinski definition) is 2. The molecule has 0 fully saturated rings. The molecular weight excluding hydrogens is 267 g/mol. The van der Waals surface area contributed by atoms with Gasteiger partial charge in [-0.3, -0.25) is 4.79 Å². The summed E-state index contributed by atoms with van der Waals surface area (Å²) in [6.45, 7) is 1.81. The Morgan fingerprint density at radius 1 is 1.21 bits per heavy atom. The highest BCUT2D eigenvalue weighted by atomic mass is 35.5. The van der Waals surface area contributed by atoms with Crippen molar-refractivity contribution < 1.29 is 13.9 Å². The van der Waals surface area contributed by atoms with E-state index in [1.54, 1.807) is 24.3 Å². The highest BCUT2D eigenvalue weighted by molar-refractivity contribution is 6.32. The summed E-state index contributed by atoms with van der Waals surface area (Å²) in [5.41, 5.74) is 0.639. The molecular formula is C15H12ClFO2. The number of Topliss-reactive ketones (excluding diaryl/α,β-unsaturated/α-hetero) is 1. The van der Waals surface area contributed by atoms with E-state index in [2.05, 4.69) is 0 Å². The molecule has 0 aliphatic heterocycles. The number of carbonyl (C=O) groups is 1. The van der Waals surface area contributed by atoms with Gasteiger partial charge in [0.25, 0.3) is 0 Å². The zero-order valence-corrected chi connectivity index (χ0v) is 11.1. The number of hydrogen-bond donors (Lipinski definition) is 0. The van der Waals surface area contributed by atoms with E-state index in [1.165, 1.54) is 18.2 Å². The molecule has 0 atom stereocenters. The van der Waals surface area contributed by atoms with Crippen LogP contribution in [0.4, 0.5) is 4.39 Å². The van der Waals surface area contributed by atoms with Crippen LogP contribution in [0.2, 0.25) is 5.02 Å². The van der Waals surface area contributed by atoms with Crippen molar-refractivity contribution in [2.24, 2.45) is 0 Å². The van der Waals surface area contributed by atoms with Crippen molar-refractivity contribution in [1.82, 2.24) is 0 Å². The van der Waals surface area contributed by atoms with Crippen molar-refractivity contribution in [3.8, 4) is 11.5 Å². The maximum absolute atomic E-state index is 12.9. The zero-order chi connectivity index (χ0) is 13.8. The normalized spacial score (nSPS) is 10.3. The SMILES string of the molecule is CCC(=O)c1ccc(Oc2ccc(F)cc2Cl)cc1. The van der Waals surface area contributed by atoms with E-state index in [9.17, 15) is 9.18 Å². The molecule has 0 aliphatic carbocycles. The molecule has 2 rings (SSSR count). The number of carbonyl (C=O) groups excluding carboxylic acids is 1. The van der Waals surface area contributed by atoms with Gasteiger partial charge < -0.3 is 4.74 Å². The Labute approximate surface area is 115 Å². The first kappa shape index (κ1) is 13.6. The number of rotatable bonds is 4. The van der Waals surface area contributed by atoms with Crippen molar-refractivity contribution >= 4 is 17.4 Å². The number of benzene rings is 2. The average Bonchev–Trinajstić information content (AvgIpc) is 2.42. The van der Waals surface area contributed by atoms with Gasteiger partial charge in [-0.1, -0.05) is 18.5 Å². The van der Waals surface area contributed by atoms with Crippen molar-refractivity contribution in [2.45, 2.75) is 13.3 Å². The van der Waals surface area contributed by atoms with E-state index < -0.39 is 5.82 Å². The van der Waals surface area contributed by atoms with Crippen LogP contribution in [0, 0.1) is 5.82 Å². The van der Waals surface area contributed by atoms with Gasteiger partial charge in [0, 0.05) is 12.0 Å². The Kier molecular flexibility index (Phi) is 4.17. The van der Waals surface area contributed by atoms with Crippen molar-refractivity contribution in [3.05, 3.63) is 58.9 Å². The molecule has 4 heteroatoms. The molecule has 0 aromatic heterocycles. The first-order valence-electron chi connectivity index (χ1n) is 5.86. The van der Waals surface area contributed by atoms with E-state index in [0.29, 0.717) is 23.5 Å². The standard InChI is InChI=1S/C15H12ClFO2/c1-2-14(18)10-3-6-12(7-4-10)19-15-8-5-11(17)9-13(15)16/h3-9H,2H2,1H3. The van der Waals surface area contributed by atoms with Crippen LogP contribution in [-0.2, 0) is 0 Å². The van der Waals surface area contributed by atoms with Crippen LogP contribution in [-0.4, -0.2) is 5.78 Å². The molecule has 0 heterocycles. The summed E-state index contributed by atoms with van der Waals surface area (Å²) in [7, 11) is 0. The Bertz CT molecular complexity index is 594. The Balaban J connectivity index is 2.17. The predicted octanol–water partition coefficient (Wildman–Crippen LogP) is 4.86. The fourth-order valence-corrected chi connectivity index (χ4v) is 1.80. The van der Waals surface area contributed by atoms with E-state index >= 15 is 0 Å². The molecule has 0 bridgehead atoms. The molecule has 0 N–H and O–H groups in total. The first-order valence-corrected chi connectivity index (χ1v) is 6.24. The third kappa shape index (κ3) is 3.32. The zero-order valence-electron chi connectivity index (χ0n) is 10.3. The number of ether oxygens (including phenoxy) is 1. The summed E-state index contributed by atoms with van der Waals surface area (Å²) in [6, 6.07) is 10.7. The molecule has 0 aliphatic rings. The predicted molar refractivity (Wildman–Crippen MR) is 72.5 cm³/mol. The minimum absolute atomic E-state index is 0.0753. The lowest BCUT2D eigenvalue weighted by Gasteiger charge is -2.08. The molecule has 2 aromatic carbocycles. The van der Waals surface area contributed by atoms with Gasteiger partial charge in [-0.25, -0.2) is 4.39 Å². The molecule has 0 saturated carbocycles. The summed E-state index contributed by atoms with van der Waals surface area (Å²) >= 11 is 5.86. The highest BCUT2D eigenvalue weighted by Crippen LogP contribution is 2.29. The van der Waals surface area contributed by atoms with Gasteiger partial charge in [-0.05, 0) is 42.5 Å². The van der Waals surface area contributed by atoms with Crippen LogP contribution in [0.15, 0.2) is 42.5 Å². The van der Waals surface area contributed by atoms with E-state index in [1.807, 2.05) is 6.92 Å². The summed E-state index contributed by atoms with van der Waals surface area (Å²) in [5.74, 6) is 0.575.